The molecular formula is C13H15NS. The molecule has 0 amide bonds. The Morgan fingerprint density at radius 2 is 2.27 bits per heavy atom. The molecule has 0 aliphatic heterocycles. The zero-order valence-corrected chi connectivity index (χ0v) is 9.76. The van der Waals surface area contributed by atoms with E-state index in [1.54, 1.807) is 11.8 Å². The van der Waals surface area contributed by atoms with Crippen LogP contribution in [0.1, 0.15) is 18.4 Å². The quantitative estimate of drug-likeness (QED) is 0.715. The van der Waals surface area contributed by atoms with Gasteiger partial charge in [-0.25, -0.2) is 4.98 Å². The maximum Gasteiger partial charge on any atom is 0.0963 e. The number of nitrogens with zero attached hydrogens (tertiary/aromatic N) is 1. The Hall–Kier alpha value is -1.02. The van der Waals surface area contributed by atoms with E-state index in [4.69, 9.17) is 0 Å². The van der Waals surface area contributed by atoms with Crippen LogP contribution in [0.3, 0.4) is 0 Å². The van der Waals surface area contributed by atoms with Gasteiger partial charge in [0.2, 0.25) is 0 Å². The number of aryl methyl sites for hydroxylation is 1. The van der Waals surface area contributed by atoms with Crippen molar-refractivity contribution < 1.29 is 0 Å². The van der Waals surface area contributed by atoms with Gasteiger partial charge in [0.15, 0.2) is 0 Å². The van der Waals surface area contributed by atoms with Gasteiger partial charge < -0.3 is 0 Å². The molecule has 2 rings (SSSR count). The van der Waals surface area contributed by atoms with Crippen molar-refractivity contribution >= 4 is 11.8 Å². The molecule has 0 atom stereocenters. The van der Waals surface area contributed by atoms with Gasteiger partial charge in [-0.1, -0.05) is 24.3 Å². The standard InChI is InChI=1S/C13H15NS/c1-11-7-8-13(14-9-11)15-10-12-5-3-2-4-6-12/h3,5-9H,2,4,10H2,1H3. The Labute approximate surface area is 95.3 Å². The molecule has 15 heavy (non-hydrogen) atoms. The average molecular weight is 217 g/mol. The molecule has 1 aliphatic carbocycles. The summed E-state index contributed by atoms with van der Waals surface area (Å²) in [5.74, 6) is 1.03. The lowest BCUT2D eigenvalue weighted by Crippen LogP contribution is -1.89. The first-order chi connectivity index (χ1) is 7.34. The van der Waals surface area contributed by atoms with Gasteiger partial charge in [0.05, 0.1) is 5.03 Å². The van der Waals surface area contributed by atoms with Gasteiger partial charge in [-0.15, -0.1) is 11.8 Å². The lowest BCUT2D eigenvalue weighted by Gasteiger charge is -2.06. The van der Waals surface area contributed by atoms with E-state index in [9.17, 15) is 0 Å². The first-order valence-electron chi connectivity index (χ1n) is 5.25. The molecule has 0 saturated heterocycles. The fraction of sp³-hybridized carbons (Fsp3) is 0.308. The van der Waals surface area contributed by atoms with Crippen molar-refractivity contribution in [2.45, 2.75) is 24.8 Å². The highest BCUT2D eigenvalue weighted by Crippen LogP contribution is 2.21. The molecule has 0 spiro atoms. The third-order valence-corrected chi connectivity index (χ3v) is 3.36. The Bertz CT molecular complexity index is 376. The van der Waals surface area contributed by atoms with Gasteiger partial charge in [0.25, 0.3) is 0 Å². The van der Waals surface area contributed by atoms with Gasteiger partial charge in [-0.05, 0) is 37.0 Å². The summed E-state index contributed by atoms with van der Waals surface area (Å²) in [6, 6.07) is 4.20. The molecule has 0 saturated carbocycles. The zero-order chi connectivity index (χ0) is 10.5. The highest BCUT2D eigenvalue weighted by molar-refractivity contribution is 7.99. The maximum atomic E-state index is 4.37. The van der Waals surface area contributed by atoms with Crippen LogP contribution in [0.2, 0.25) is 0 Å². The molecule has 0 bridgehead atoms. The Morgan fingerprint density at radius 3 is 2.93 bits per heavy atom. The van der Waals surface area contributed by atoms with Crippen molar-refractivity contribution in [2.75, 3.05) is 5.75 Å². The van der Waals surface area contributed by atoms with E-state index in [1.807, 2.05) is 6.20 Å². The second-order valence-corrected chi connectivity index (χ2v) is 4.72. The number of allylic oxidation sites excluding steroid dienone is 3. The van der Waals surface area contributed by atoms with E-state index in [2.05, 4.69) is 42.3 Å². The summed E-state index contributed by atoms with van der Waals surface area (Å²) < 4.78 is 0. The van der Waals surface area contributed by atoms with E-state index in [0.717, 1.165) is 10.8 Å². The normalized spacial score (nSPS) is 15.1. The number of rotatable bonds is 3. The molecule has 1 aromatic heterocycles. The minimum atomic E-state index is 1.03. The van der Waals surface area contributed by atoms with Crippen molar-refractivity contribution in [2.24, 2.45) is 0 Å². The second-order valence-electron chi connectivity index (χ2n) is 3.72. The van der Waals surface area contributed by atoms with Crippen LogP contribution in [-0.4, -0.2) is 10.7 Å². The molecular weight excluding hydrogens is 202 g/mol. The van der Waals surface area contributed by atoms with Crippen LogP contribution < -0.4 is 0 Å². The summed E-state index contributed by atoms with van der Waals surface area (Å²) in [6.45, 7) is 2.06. The Morgan fingerprint density at radius 1 is 1.33 bits per heavy atom. The summed E-state index contributed by atoms with van der Waals surface area (Å²) in [4.78, 5) is 4.37. The Balaban J connectivity index is 1.90. The number of pyridine rings is 1. The van der Waals surface area contributed by atoms with Crippen molar-refractivity contribution in [1.82, 2.24) is 4.98 Å². The summed E-state index contributed by atoms with van der Waals surface area (Å²) >= 11 is 1.80. The molecule has 2 heteroatoms. The molecule has 0 N–H and O–H groups in total. The van der Waals surface area contributed by atoms with E-state index < -0.39 is 0 Å². The zero-order valence-electron chi connectivity index (χ0n) is 8.94. The summed E-state index contributed by atoms with van der Waals surface area (Å²) in [6.07, 6.45) is 11.1. The highest BCUT2D eigenvalue weighted by Gasteiger charge is 2.00. The van der Waals surface area contributed by atoms with Crippen LogP contribution in [0, 0.1) is 6.92 Å². The monoisotopic (exact) mass is 217 g/mol. The molecule has 1 aliphatic rings. The lowest BCUT2D eigenvalue weighted by atomic mass is 10.1. The summed E-state index contributed by atoms with van der Waals surface area (Å²) in [5, 5.41) is 1.11. The van der Waals surface area contributed by atoms with Crippen molar-refractivity contribution in [1.29, 1.82) is 0 Å². The smallest absolute Gasteiger partial charge is 0.0963 e. The van der Waals surface area contributed by atoms with Gasteiger partial charge in [-0.3, -0.25) is 0 Å². The van der Waals surface area contributed by atoms with Crippen LogP contribution in [0.25, 0.3) is 0 Å². The van der Waals surface area contributed by atoms with Crippen LogP contribution in [0.15, 0.2) is 47.2 Å². The highest BCUT2D eigenvalue weighted by atomic mass is 32.2. The van der Waals surface area contributed by atoms with Crippen molar-refractivity contribution in [3.63, 3.8) is 0 Å². The van der Waals surface area contributed by atoms with E-state index in [0.29, 0.717) is 0 Å². The fourth-order valence-corrected chi connectivity index (χ4v) is 2.29. The van der Waals surface area contributed by atoms with Gasteiger partial charge in [-0.2, -0.15) is 0 Å². The fourth-order valence-electron chi connectivity index (χ4n) is 1.47. The van der Waals surface area contributed by atoms with Gasteiger partial charge in [0.1, 0.15) is 0 Å². The maximum absolute atomic E-state index is 4.37. The number of thioether (sulfide) groups is 1. The lowest BCUT2D eigenvalue weighted by molar-refractivity contribution is 1.02. The minimum absolute atomic E-state index is 1.03. The topological polar surface area (TPSA) is 12.9 Å². The van der Waals surface area contributed by atoms with Gasteiger partial charge >= 0.3 is 0 Å². The summed E-state index contributed by atoms with van der Waals surface area (Å²) in [5.41, 5.74) is 2.64. The Kier molecular flexibility index (Phi) is 3.62. The molecule has 1 heterocycles. The molecule has 0 fully saturated rings. The molecule has 1 nitrogen and oxygen atoms in total. The third-order valence-electron chi connectivity index (χ3n) is 2.34. The number of hydrogen-bond donors (Lipinski definition) is 0. The molecule has 0 unspecified atom stereocenters. The van der Waals surface area contributed by atoms with E-state index in [-0.39, 0.29) is 0 Å². The van der Waals surface area contributed by atoms with E-state index in [1.165, 1.54) is 24.0 Å². The average Bonchev–Trinajstić information content (AvgIpc) is 2.30. The largest absolute Gasteiger partial charge is 0.250 e. The molecule has 78 valence electrons. The molecule has 0 aromatic carbocycles. The number of aromatic nitrogens is 1. The van der Waals surface area contributed by atoms with Crippen LogP contribution in [-0.2, 0) is 0 Å². The summed E-state index contributed by atoms with van der Waals surface area (Å²) in [7, 11) is 0. The minimum Gasteiger partial charge on any atom is -0.250 e. The van der Waals surface area contributed by atoms with Crippen LogP contribution in [0.5, 0.6) is 0 Å². The first kappa shape index (κ1) is 10.5. The van der Waals surface area contributed by atoms with Crippen LogP contribution >= 0.6 is 11.8 Å². The first-order valence-corrected chi connectivity index (χ1v) is 6.24. The number of hydrogen-bond acceptors (Lipinski definition) is 2. The molecule has 0 radical (unpaired) electrons. The molecule has 1 aromatic rings. The second kappa shape index (κ2) is 5.17. The van der Waals surface area contributed by atoms with Crippen molar-refractivity contribution in [3.8, 4) is 0 Å². The predicted molar refractivity (Wildman–Crippen MR) is 66.2 cm³/mol. The van der Waals surface area contributed by atoms with Gasteiger partial charge in [0, 0.05) is 11.9 Å². The van der Waals surface area contributed by atoms with Crippen LogP contribution in [0.4, 0.5) is 0 Å². The predicted octanol–water partition coefficient (Wildman–Crippen LogP) is 3.76. The third kappa shape index (κ3) is 3.24. The van der Waals surface area contributed by atoms with E-state index >= 15 is 0 Å². The SMILES string of the molecule is Cc1ccc(SCC2=CCCC=C2)nc1. The van der Waals surface area contributed by atoms with Crippen molar-refractivity contribution in [3.05, 3.63) is 47.7 Å².